The van der Waals surface area contributed by atoms with Gasteiger partial charge in [-0.3, -0.25) is 9.59 Å². The minimum atomic E-state index is -0.573. The third kappa shape index (κ3) is 5.67. The van der Waals surface area contributed by atoms with Gasteiger partial charge in [0.05, 0.1) is 0 Å². The molecule has 1 aromatic rings. The van der Waals surface area contributed by atoms with Crippen LogP contribution in [0.15, 0.2) is 24.3 Å². The molecule has 0 spiro atoms. The molecule has 0 aliphatic carbocycles. The van der Waals surface area contributed by atoms with E-state index in [0.717, 1.165) is 5.56 Å². The van der Waals surface area contributed by atoms with Crippen molar-refractivity contribution in [2.45, 2.75) is 46.1 Å². The number of nitrogens with one attached hydrogen (secondary N) is 2. The van der Waals surface area contributed by atoms with Gasteiger partial charge in [0.25, 0.3) is 5.91 Å². The summed E-state index contributed by atoms with van der Waals surface area (Å²) in [5, 5.41) is 5.53. The van der Waals surface area contributed by atoms with Crippen LogP contribution in [0.5, 0.6) is 0 Å². The predicted molar refractivity (Wildman–Crippen MR) is 93.3 cm³/mol. The molecule has 0 fully saturated rings. The molecule has 1 atom stereocenters. The summed E-state index contributed by atoms with van der Waals surface area (Å²) in [5.74, 6) is -0.456. The minimum Gasteiger partial charge on any atom is -0.353 e. The molecule has 0 bridgehead atoms. The van der Waals surface area contributed by atoms with Crippen LogP contribution in [0, 0.1) is 5.92 Å². The molecule has 128 valence electrons. The summed E-state index contributed by atoms with van der Waals surface area (Å²) < 4.78 is 0. The SMILES string of the molecule is CC(C)C(NC(=O)c1ccc(C(C)(C)C)cc1)C(=O)NCCN. The first-order valence-electron chi connectivity index (χ1n) is 8.06. The number of rotatable bonds is 6. The van der Waals surface area contributed by atoms with Gasteiger partial charge < -0.3 is 16.4 Å². The third-order valence-electron chi connectivity index (χ3n) is 3.69. The molecular weight excluding hydrogens is 290 g/mol. The molecule has 0 heterocycles. The summed E-state index contributed by atoms with van der Waals surface area (Å²) in [6.07, 6.45) is 0. The van der Waals surface area contributed by atoms with Gasteiger partial charge in [0, 0.05) is 18.7 Å². The van der Waals surface area contributed by atoms with Crippen LogP contribution < -0.4 is 16.4 Å². The Morgan fingerprint density at radius 2 is 1.70 bits per heavy atom. The van der Waals surface area contributed by atoms with E-state index in [1.807, 2.05) is 26.0 Å². The zero-order valence-corrected chi connectivity index (χ0v) is 14.8. The lowest BCUT2D eigenvalue weighted by atomic mass is 9.86. The van der Waals surface area contributed by atoms with E-state index in [9.17, 15) is 9.59 Å². The molecular formula is C18H29N3O2. The molecule has 2 amide bonds. The second-order valence-corrected chi connectivity index (χ2v) is 7.10. The lowest BCUT2D eigenvalue weighted by Crippen LogP contribution is -2.50. The van der Waals surface area contributed by atoms with Crippen LogP contribution in [0.4, 0.5) is 0 Å². The van der Waals surface area contributed by atoms with E-state index >= 15 is 0 Å². The second-order valence-electron chi connectivity index (χ2n) is 7.10. The zero-order valence-electron chi connectivity index (χ0n) is 14.8. The first-order chi connectivity index (χ1) is 10.7. The summed E-state index contributed by atoms with van der Waals surface area (Å²) in [7, 11) is 0. The number of amides is 2. The maximum Gasteiger partial charge on any atom is 0.251 e. The second kappa shape index (κ2) is 8.11. The van der Waals surface area contributed by atoms with Crippen molar-refractivity contribution in [2.75, 3.05) is 13.1 Å². The Bertz CT molecular complexity index is 530. The lowest BCUT2D eigenvalue weighted by molar-refractivity contribution is -0.123. The van der Waals surface area contributed by atoms with Gasteiger partial charge in [0.2, 0.25) is 5.91 Å². The Morgan fingerprint density at radius 1 is 1.13 bits per heavy atom. The van der Waals surface area contributed by atoms with Crippen molar-refractivity contribution in [3.63, 3.8) is 0 Å². The topological polar surface area (TPSA) is 84.2 Å². The van der Waals surface area contributed by atoms with Gasteiger partial charge in [0.1, 0.15) is 6.04 Å². The Hall–Kier alpha value is -1.88. The van der Waals surface area contributed by atoms with Gasteiger partial charge in [-0.15, -0.1) is 0 Å². The molecule has 0 saturated carbocycles. The van der Waals surface area contributed by atoms with Crippen LogP contribution in [-0.4, -0.2) is 30.9 Å². The average molecular weight is 319 g/mol. The Kier molecular flexibility index (Phi) is 6.76. The van der Waals surface area contributed by atoms with E-state index in [0.29, 0.717) is 18.7 Å². The Labute approximate surface area is 139 Å². The molecule has 0 aliphatic heterocycles. The Balaban J connectivity index is 2.81. The molecule has 5 nitrogen and oxygen atoms in total. The molecule has 1 aromatic carbocycles. The maximum absolute atomic E-state index is 12.4. The number of hydrogen-bond donors (Lipinski definition) is 3. The molecule has 0 radical (unpaired) electrons. The first-order valence-corrected chi connectivity index (χ1v) is 8.06. The average Bonchev–Trinajstić information content (AvgIpc) is 2.48. The molecule has 0 saturated heterocycles. The van der Waals surface area contributed by atoms with Gasteiger partial charge in [-0.2, -0.15) is 0 Å². The van der Waals surface area contributed by atoms with Crippen LogP contribution in [0.3, 0.4) is 0 Å². The molecule has 23 heavy (non-hydrogen) atoms. The van der Waals surface area contributed by atoms with Crippen molar-refractivity contribution in [2.24, 2.45) is 11.7 Å². The van der Waals surface area contributed by atoms with Crippen LogP contribution in [0.2, 0.25) is 0 Å². The number of benzene rings is 1. The molecule has 1 unspecified atom stereocenters. The smallest absolute Gasteiger partial charge is 0.251 e. The monoisotopic (exact) mass is 319 g/mol. The highest BCUT2D eigenvalue weighted by molar-refractivity contribution is 5.97. The maximum atomic E-state index is 12.4. The molecule has 0 aromatic heterocycles. The van der Waals surface area contributed by atoms with Crippen molar-refractivity contribution < 1.29 is 9.59 Å². The van der Waals surface area contributed by atoms with Crippen LogP contribution in [-0.2, 0) is 10.2 Å². The molecule has 0 aliphatic rings. The summed E-state index contributed by atoms with van der Waals surface area (Å²) in [6.45, 7) is 10.9. The van der Waals surface area contributed by atoms with Crippen LogP contribution in [0.25, 0.3) is 0 Å². The molecule has 4 N–H and O–H groups in total. The predicted octanol–water partition coefficient (Wildman–Crippen LogP) is 1.81. The largest absolute Gasteiger partial charge is 0.353 e. The van der Waals surface area contributed by atoms with Crippen molar-refractivity contribution in [1.29, 1.82) is 0 Å². The van der Waals surface area contributed by atoms with E-state index in [4.69, 9.17) is 5.73 Å². The van der Waals surface area contributed by atoms with E-state index in [-0.39, 0.29) is 23.1 Å². The lowest BCUT2D eigenvalue weighted by Gasteiger charge is -2.22. The highest BCUT2D eigenvalue weighted by Crippen LogP contribution is 2.22. The zero-order chi connectivity index (χ0) is 17.6. The summed E-state index contributed by atoms with van der Waals surface area (Å²) in [4.78, 5) is 24.5. The van der Waals surface area contributed by atoms with Crippen LogP contribution >= 0.6 is 0 Å². The minimum absolute atomic E-state index is 0.00873. The van der Waals surface area contributed by atoms with Crippen molar-refractivity contribution >= 4 is 11.8 Å². The normalized spacial score (nSPS) is 12.8. The first kappa shape index (κ1) is 19.2. The van der Waals surface area contributed by atoms with Gasteiger partial charge in [-0.05, 0) is 29.0 Å². The van der Waals surface area contributed by atoms with E-state index in [1.54, 1.807) is 12.1 Å². The third-order valence-corrected chi connectivity index (χ3v) is 3.69. The van der Waals surface area contributed by atoms with E-state index in [2.05, 4.69) is 31.4 Å². The highest BCUT2D eigenvalue weighted by atomic mass is 16.2. The standard InChI is InChI=1S/C18H29N3O2/c1-12(2)15(17(23)20-11-10-19)21-16(22)13-6-8-14(9-7-13)18(3,4)5/h6-9,12,15H,10-11,19H2,1-5H3,(H,20,23)(H,21,22). The van der Waals surface area contributed by atoms with Crippen molar-refractivity contribution in [1.82, 2.24) is 10.6 Å². The summed E-state index contributed by atoms with van der Waals surface area (Å²) >= 11 is 0. The number of hydrogen-bond acceptors (Lipinski definition) is 3. The quantitative estimate of drug-likeness (QED) is 0.747. The van der Waals surface area contributed by atoms with Crippen molar-refractivity contribution in [3.8, 4) is 0 Å². The fraction of sp³-hybridized carbons (Fsp3) is 0.556. The fourth-order valence-corrected chi connectivity index (χ4v) is 2.19. The fourth-order valence-electron chi connectivity index (χ4n) is 2.19. The van der Waals surface area contributed by atoms with Gasteiger partial charge >= 0.3 is 0 Å². The molecule has 5 heteroatoms. The van der Waals surface area contributed by atoms with Gasteiger partial charge in [0.15, 0.2) is 0 Å². The van der Waals surface area contributed by atoms with Crippen LogP contribution in [0.1, 0.15) is 50.5 Å². The van der Waals surface area contributed by atoms with E-state index < -0.39 is 6.04 Å². The Morgan fingerprint density at radius 3 is 2.13 bits per heavy atom. The van der Waals surface area contributed by atoms with Gasteiger partial charge in [-0.1, -0.05) is 46.8 Å². The van der Waals surface area contributed by atoms with Crippen molar-refractivity contribution in [3.05, 3.63) is 35.4 Å². The summed E-state index contributed by atoms with van der Waals surface area (Å²) in [5.41, 5.74) is 7.15. The molecule has 1 rings (SSSR count). The highest BCUT2D eigenvalue weighted by Gasteiger charge is 2.24. The van der Waals surface area contributed by atoms with E-state index in [1.165, 1.54) is 0 Å². The van der Waals surface area contributed by atoms with Gasteiger partial charge in [-0.25, -0.2) is 0 Å². The number of carbonyl (C=O) groups is 2. The number of carbonyl (C=O) groups excluding carboxylic acids is 2. The summed E-state index contributed by atoms with van der Waals surface area (Å²) in [6, 6.07) is 6.92. The number of nitrogens with two attached hydrogens (primary N) is 1.